The Morgan fingerprint density at radius 1 is 1.32 bits per heavy atom. The van der Waals surface area contributed by atoms with E-state index in [4.69, 9.17) is 0 Å². The lowest BCUT2D eigenvalue weighted by atomic mass is 9.75. The van der Waals surface area contributed by atoms with Crippen molar-refractivity contribution in [2.45, 2.75) is 58.4 Å². The molecule has 0 bridgehead atoms. The minimum atomic E-state index is 0.739. The molecule has 3 heteroatoms. The number of rotatable bonds is 6. The topological polar surface area (TPSA) is 12.0 Å². The Hall–Kier alpha value is 0.140. The van der Waals surface area contributed by atoms with E-state index in [9.17, 15) is 0 Å². The van der Waals surface area contributed by atoms with Gasteiger partial charge in [0.2, 0.25) is 0 Å². The van der Waals surface area contributed by atoms with Crippen molar-refractivity contribution in [3.63, 3.8) is 0 Å². The average molecular weight is 344 g/mol. The van der Waals surface area contributed by atoms with Crippen molar-refractivity contribution in [3.8, 4) is 0 Å². The van der Waals surface area contributed by atoms with Crippen LogP contribution in [0, 0.1) is 11.8 Å². The zero-order valence-corrected chi connectivity index (χ0v) is 14.5. The Bertz CT molecular complexity index is 377. The zero-order valence-electron chi connectivity index (χ0n) is 12.1. The summed E-state index contributed by atoms with van der Waals surface area (Å²) in [4.78, 5) is 1.54. The smallest absolute Gasteiger partial charge is 0.0701 e. The molecule has 1 aliphatic rings. The van der Waals surface area contributed by atoms with E-state index >= 15 is 0 Å². The third-order valence-corrected chi connectivity index (χ3v) is 6.06. The summed E-state index contributed by atoms with van der Waals surface area (Å²) in [6.45, 7) is 5.78. The van der Waals surface area contributed by atoms with Crippen LogP contribution in [0.1, 0.15) is 50.8 Å². The molecule has 19 heavy (non-hydrogen) atoms. The molecule has 1 fully saturated rings. The lowest BCUT2D eigenvalue weighted by molar-refractivity contribution is 0.199. The Morgan fingerprint density at radius 2 is 2.16 bits per heavy atom. The Kier molecular flexibility index (Phi) is 6.37. The molecule has 1 saturated carbocycles. The lowest BCUT2D eigenvalue weighted by Gasteiger charge is -2.36. The molecule has 1 heterocycles. The molecule has 0 amide bonds. The van der Waals surface area contributed by atoms with E-state index in [-0.39, 0.29) is 0 Å². The van der Waals surface area contributed by atoms with Gasteiger partial charge in [0.1, 0.15) is 0 Å². The van der Waals surface area contributed by atoms with Gasteiger partial charge in [-0.1, -0.05) is 20.3 Å². The van der Waals surface area contributed by atoms with Gasteiger partial charge in [0.25, 0.3) is 0 Å². The summed E-state index contributed by atoms with van der Waals surface area (Å²) < 4.78 is 1.27. The van der Waals surface area contributed by atoms with Crippen LogP contribution in [0.2, 0.25) is 0 Å². The second-order valence-corrected chi connectivity index (χ2v) is 8.37. The molecule has 1 nitrogen and oxygen atoms in total. The van der Waals surface area contributed by atoms with Gasteiger partial charge in [0.15, 0.2) is 0 Å². The van der Waals surface area contributed by atoms with Crippen LogP contribution >= 0.6 is 27.3 Å². The molecule has 0 aliphatic heterocycles. The van der Waals surface area contributed by atoms with Crippen molar-refractivity contribution in [3.05, 3.63) is 20.8 Å². The second-order valence-electron chi connectivity index (χ2n) is 5.82. The molecular weight excluding hydrogens is 318 g/mol. The predicted octanol–water partition coefficient (Wildman–Crippen LogP) is 5.25. The molecule has 0 spiro atoms. The maximum atomic E-state index is 3.79. The summed E-state index contributed by atoms with van der Waals surface area (Å²) >= 11 is 5.49. The minimum absolute atomic E-state index is 0.739. The third-order valence-electron chi connectivity index (χ3n) is 4.42. The monoisotopic (exact) mass is 343 g/mol. The van der Waals surface area contributed by atoms with E-state index in [1.54, 1.807) is 0 Å². The Labute approximate surface area is 130 Å². The molecule has 2 rings (SSSR count). The largest absolute Gasteiger partial charge is 0.314 e. The van der Waals surface area contributed by atoms with Gasteiger partial charge in [-0.25, -0.2) is 0 Å². The molecular formula is C16H26BrNS. The first-order valence-corrected chi connectivity index (χ1v) is 9.31. The van der Waals surface area contributed by atoms with Gasteiger partial charge < -0.3 is 5.32 Å². The fraction of sp³-hybridized carbons (Fsp3) is 0.750. The molecule has 1 aliphatic carbocycles. The van der Waals surface area contributed by atoms with Crippen LogP contribution in [0.5, 0.6) is 0 Å². The Morgan fingerprint density at radius 3 is 2.79 bits per heavy atom. The van der Waals surface area contributed by atoms with Gasteiger partial charge in [0.05, 0.1) is 3.79 Å². The minimum Gasteiger partial charge on any atom is -0.314 e. The fourth-order valence-corrected chi connectivity index (χ4v) is 4.85. The van der Waals surface area contributed by atoms with Crippen molar-refractivity contribution in [2.75, 3.05) is 6.54 Å². The van der Waals surface area contributed by atoms with Gasteiger partial charge in [0, 0.05) is 10.9 Å². The number of thiophene rings is 1. The van der Waals surface area contributed by atoms with Crippen LogP contribution < -0.4 is 5.32 Å². The van der Waals surface area contributed by atoms with Crippen LogP contribution in [0.3, 0.4) is 0 Å². The van der Waals surface area contributed by atoms with E-state index < -0.39 is 0 Å². The molecule has 1 aromatic heterocycles. The summed E-state index contributed by atoms with van der Waals surface area (Å²) in [6.07, 6.45) is 8.05. The Balaban J connectivity index is 1.97. The summed E-state index contributed by atoms with van der Waals surface area (Å²) in [5.74, 6) is 1.78. The van der Waals surface area contributed by atoms with Crippen LogP contribution in [0.4, 0.5) is 0 Å². The maximum absolute atomic E-state index is 3.79. The quantitative estimate of drug-likeness (QED) is 0.743. The SMILES string of the molecule is CCCNC1CCC(CC)CC1Cc1ccc(Br)s1. The highest BCUT2D eigenvalue weighted by molar-refractivity contribution is 9.11. The van der Waals surface area contributed by atoms with Crippen molar-refractivity contribution < 1.29 is 0 Å². The van der Waals surface area contributed by atoms with Crippen molar-refractivity contribution in [2.24, 2.45) is 11.8 Å². The van der Waals surface area contributed by atoms with Crippen molar-refractivity contribution in [1.82, 2.24) is 5.32 Å². The molecule has 1 aromatic rings. The first-order valence-electron chi connectivity index (χ1n) is 7.70. The maximum Gasteiger partial charge on any atom is 0.0701 e. The summed E-state index contributed by atoms with van der Waals surface area (Å²) in [5.41, 5.74) is 0. The molecule has 0 aromatic carbocycles. The van der Waals surface area contributed by atoms with E-state index in [1.807, 2.05) is 11.3 Å². The highest BCUT2D eigenvalue weighted by atomic mass is 79.9. The lowest BCUT2D eigenvalue weighted by Crippen LogP contribution is -2.41. The molecule has 0 saturated heterocycles. The molecule has 3 atom stereocenters. The van der Waals surface area contributed by atoms with Crippen LogP contribution in [0.15, 0.2) is 15.9 Å². The molecule has 108 valence electrons. The van der Waals surface area contributed by atoms with E-state index in [1.165, 1.54) is 53.7 Å². The number of nitrogens with one attached hydrogen (secondary N) is 1. The van der Waals surface area contributed by atoms with Gasteiger partial charge in [-0.15, -0.1) is 11.3 Å². The zero-order chi connectivity index (χ0) is 13.7. The molecule has 1 N–H and O–H groups in total. The van der Waals surface area contributed by atoms with Crippen molar-refractivity contribution >= 4 is 27.3 Å². The van der Waals surface area contributed by atoms with Gasteiger partial charge in [-0.3, -0.25) is 0 Å². The van der Waals surface area contributed by atoms with Gasteiger partial charge in [-0.2, -0.15) is 0 Å². The highest BCUT2D eigenvalue weighted by Crippen LogP contribution is 2.35. The third kappa shape index (κ3) is 4.57. The second kappa shape index (κ2) is 7.80. The highest BCUT2D eigenvalue weighted by Gasteiger charge is 2.29. The van der Waals surface area contributed by atoms with Crippen LogP contribution in [0.25, 0.3) is 0 Å². The molecule has 0 radical (unpaired) electrons. The van der Waals surface area contributed by atoms with E-state index in [0.717, 1.165) is 17.9 Å². The number of hydrogen-bond acceptors (Lipinski definition) is 2. The average Bonchev–Trinajstić information content (AvgIpc) is 2.82. The van der Waals surface area contributed by atoms with E-state index in [0.29, 0.717) is 0 Å². The number of halogens is 1. The first kappa shape index (κ1) is 15.5. The summed E-state index contributed by atoms with van der Waals surface area (Å²) in [6, 6.07) is 5.22. The van der Waals surface area contributed by atoms with Crippen LogP contribution in [-0.2, 0) is 6.42 Å². The van der Waals surface area contributed by atoms with Crippen molar-refractivity contribution in [1.29, 1.82) is 0 Å². The summed E-state index contributed by atoms with van der Waals surface area (Å²) in [7, 11) is 0. The summed E-state index contributed by atoms with van der Waals surface area (Å²) in [5, 5.41) is 3.79. The normalized spacial score (nSPS) is 27.6. The first-order chi connectivity index (χ1) is 9.22. The fourth-order valence-electron chi connectivity index (χ4n) is 3.28. The van der Waals surface area contributed by atoms with Crippen LogP contribution in [-0.4, -0.2) is 12.6 Å². The standard InChI is InChI=1S/C16H26BrNS/c1-3-9-18-15-7-5-12(4-2)10-13(15)11-14-6-8-16(17)19-14/h6,8,12-13,15,18H,3-5,7,9-11H2,1-2H3. The predicted molar refractivity (Wildman–Crippen MR) is 88.9 cm³/mol. The molecule has 3 unspecified atom stereocenters. The van der Waals surface area contributed by atoms with Gasteiger partial charge in [-0.05, 0) is 78.5 Å². The van der Waals surface area contributed by atoms with Gasteiger partial charge >= 0.3 is 0 Å². The van der Waals surface area contributed by atoms with E-state index in [2.05, 4.69) is 47.2 Å². The number of hydrogen-bond donors (Lipinski definition) is 1.